The monoisotopic (exact) mass is 297 g/mol. The summed E-state index contributed by atoms with van der Waals surface area (Å²) in [7, 11) is 0. The molecule has 0 aliphatic heterocycles. The minimum absolute atomic E-state index is 0. The molecular weight excluding hydrogens is 284 g/mol. The van der Waals surface area contributed by atoms with Gasteiger partial charge < -0.3 is 10.8 Å². The van der Waals surface area contributed by atoms with Crippen LogP contribution in [0.4, 0.5) is 4.39 Å². The number of rotatable bonds is 3. The molecule has 1 aromatic rings. The molecule has 0 fully saturated rings. The molecule has 0 aliphatic rings. The van der Waals surface area contributed by atoms with Gasteiger partial charge in [0.1, 0.15) is 11.6 Å². The number of hydrogen-bond donors (Lipinski definition) is 2. The smallest absolute Gasteiger partial charge is 0.134 e. The summed E-state index contributed by atoms with van der Waals surface area (Å²) in [4.78, 5) is 0. The van der Waals surface area contributed by atoms with Crippen LogP contribution in [0.15, 0.2) is 16.6 Å². The Balaban J connectivity index is 0.00000196. The highest BCUT2D eigenvalue weighted by Gasteiger charge is 2.14. The molecule has 0 heterocycles. The lowest BCUT2D eigenvalue weighted by Crippen LogP contribution is -2.10. The van der Waals surface area contributed by atoms with Gasteiger partial charge in [0.05, 0.1) is 4.47 Å². The van der Waals surface area contributed by atoms with E-state index in [1.54, 1.807) is 0 Å². The number of hydrogen-bond acceptors (Lipinski definition) is 2. The van der Waals surface area contributed by atoms with Gasteiger partial charge in [-0.3, -0.25) is 0 Å². The fourth-order valence-corrected chi connectivity index (χ4v) is 1.78. The maximum atomic E-state index is 13.0. The first kappa shape index (κ1) is 14.7. The molecule has 0 saturated carbocycles. The molecule has 15 heavy (non-hydrogen) atoms. The van der Waals surface area contributed by atoms with Crippen LogP contribution in [0.25, 0.3) is 0 Å². The van der Waals surface area contributed by atoms with E-state index in [1.807, 2.05) is 6.92 Å². The van der Waals surface area contributed by atoms with Crippen molar-refractivity contribution in [3.8, 4) is 5.75 Å². The van der Waals surface area contributed by atoms with Crippen molar-refractivity contribution < 1.29 is 9.50 Å². The quantitative estimate of drug-likeness (QED) is 0.897. The zero-order valence-corrected chi connectivity index (χ0v) is 10.7. The van der Waals surface area contributed by atoms with Gasteiger partial charge in [0.25, 0.3) is 0 Å². The van der Waals surface area contributed by atoms with Crippen molar-refractivity contribution in [3.05, 3.63) is 28.0 Å². The molecule has 5 heteroatoms. The molecular formula is C10H14BrClFNO. The van der Waals surface area contributed by atoms with Gasteiger partial charge in [0, 0.05) is 11.6 Å². The summed E-state index contributed by atoms with van der Waals surface area (Å²) in [5.41, 5.74) is 6.25. The summed E-state index contributed by atoms with van der Waals surface area (Å²) >= 11 is 3.07. The minimum atomic E-state index is -0.392. The number of phenolic OH excluding ortho intramolecular Hbond substituents is 1. The van der Waals surface area contributed by atoms with E-state index >= 15 is 0 Å². The van der Waals surface area contributed by atoms with Crippen molar-refractivity contribution in [2.24, 2.45) is 5.73 Å². The van der Waals surface area contributed by atoms with Crippen LogP contribution in [0.5, 0.6) is 5.75 Å². The minimum Gasteiger partial charge on any atom is -0.506 e. The van der Waals surface area contributed by atoms with E-state index in [-0.39, 0.29) is 24.2 Å². The summed E-state index contributed by atoms with van der Waals surface area (Å²) in [6, 6.07) is 2.18. The molecule has 0 aliphatic carbocycles. The van der Waals surface area contributed by atoms with Gasteiger partial charge in [-0.2, -0.15) is 0 Å². The largest absolute Gasteiger partial charge is 0.506 e. The fraction of sp³-hybridized carbons (Fsp3) is 0.400. The SMILES string of the molecule is CCC[C@@H](N)c1cc(F)cc(Br)c1O.Cl. The Labute approximate surface area is 103 Å². The van der Waals surface area contributed by atoms with Crippen LogP contribution in [0.1, 0.15) is 31.4 Å². The Kier molecular flexibility index (Phi) is 6.17. The molecule has 0 radical (unpaired) electrons. The molecule has 1 aromatic carbocycles. The van der Waals surface area contributed by atoms with Crippen LogP contribution in [0, 0.1) is 5.82 Å². The molecule has 0 bridgehead atoms. The normalized spacial score (nSPS) is 12.0. The molecule has 0 amide bonds. The van der Waals surface area contributed by atoms with Gasteiger partial charge >= 0.3 is 0 Å². The van der Waals surface area contributed by atoms with E-state index in [2.05, 4.69) is 15.9 Å². The van der Waals surface area contributed by atoms with Crippen molar-refractivity contribution in [2.75, 3.05) is 0 Å². The molecule has 0 spiro atoms. The summed E-state index contributed by atoms with van der Waals surface area (Å²) in [5, 5.41) is 9.63. The van der Waals surface area contributed by atoms with Crippen molar-refractivity contribution in [3.63, 3.8) is 0 Å². The Morgan fingerprint density at radius 3 is 2.67 bits per heavy atom. The van der Waals surface area contributed by atoms with Crippen LogP contribution in [-0.2, 0) is 0 Å². The van der Waals surface area contributed by atoms with Crippen LogP contribution in [0.3, 0.4) is 0 Å². The lowest BCUT2D eigenvalue weighted by molar-refractivity contribution is 0.451. The van der Waals surface area contributed by atoms with Gasteiger partial charge in [-0.15, -0.1) is 12.4 Å². The summed E-state index contributed by atoms with van der Waals surface area (Å²) in [5.74, 6) is -0.358. The van der Waals surface area contributed by atoms with Crippen molar-refractivity contribution in [1.29, 1.82) is 0 Å². The van der Waals surface area contributed by atoms with Crippen molar-refractivity contribution in [2.45, 2.75) is 25.8 Å². The first-order valence-corrected chi connectivity index (χ1v) is 5.29. The zero-order valence-electron chi connectivity index (χ0n) is 8.34. The van der Waals surface area contributed by atoms with E-state index in [1.165, 1.54) is 12.1 Å². The second kappa shape index (κ2) is 6.30. The fourth-order valence-electron chi connectivity index (χ4n) is 1.34. The predicted molar refractivity (Wildman–Crippen MR) is 64.8 cm³/mol. The lowest BCUT2D eigenvalue weighted by atomic mass is 10.0. The molecule has 2 nitrogen and oxygen atoms in total. The highest BCUT2D eigenvalue weighted by atomic mass is 79.9. The van der Waals surface area contributed by atoms with Gasteiger partial charge in [-0.05, 0) is 34.5 Å². The first-order valence-electron chi connectivity index (χ1n) is 4.49. The first-order chi connectivity index (χ1) is 6.56. The van der Waals surface area contributed by atoms with Crippen molar-refractivity contribution >= 4 is 28.3 Å². The Bertz CT molecular complexity index is 335. The highest BCUT2D eigenvalue weighted by Crippen LogP contribution is 2.33. The van der Waals surface area contributed by atoms with Gasteiger partial charge in [0.15, 0.2) is 0 Å². The van der Waals surface area contributed by atoms with Crippen molar-refractivity contribution in [1.82, 2.24) is 0 Å². The standard InChI is InChI=1S/C10H13BrFNO.ClH/c1-2-3-9(13)7-4-6(12)5-8(11)10(7)14;/h4-5,9,14H,2-3,13H2,1H3;1H/t9-;/m1./s1. The summed E-state index contributed by atoms with van der Waals surface area (Å²) < 4.78 is 13.4. The van der Waals surface area contributed by atoms with Crippen LogP contribution >= 0.6 is 28.3 Å². The Morgan fingerprint density at radius 1 is 1.53 bits per heavy atom. The van der Waals surface area contributed by atoms with Gasteiger partial charge in [-0.1, -0.05) is 13.3 Å². The second-order valence-electron chi connectivity index (χ2n) is 3.22. The molecule has 86 valence electrons. The van der Waals surface area contributed by atoms with E-state index in [9.17, 15) is 9.50 Å². The molecule has 0 unspecified atom stereocenters. The summed E-state index contributed by atoms with van der Waals surface area (Å²) in [6.07, 6.45) is 1.62. The number of aromatic hydroxyl groups is 1. The molecule has 1 atom stereocenters. The highest BCUT2D eigenvalue weighted by molar-refractivity contribution is 9.10. The van der Waals surface area contributed by atoms with Gasteiger partial charge in [0.2, 0.25) is 0 Å². The number of nitrogens with two attached hydrogens (primary N) is 1. The van der Waals surface area contributed by atoms with Crippen LogP contribution < -0.4 is 5.73 Å². The Morgan fingerprint density at radius 2 is 2.13 bits per heavy atom. The number of benzene rings is 1. The van der Waals surface area contributed by atoms with E-state index in [0.717, 1.165) is 12.8 Å². The second-order valence-corrected chi connectivity index (χ2v) is 4.07. The third-order valence-electron chi connectivity index (χ3n) is 2.06. The molecule has 1 rings (SSSR count). The molecule has 0 aromatic heterocycles. The third kappa shape index (κ3) is 3.63. The summed E-state index contributed by atoms with van der Waals surface area (Å²) in [6.45, 7) is 1.99. The molecule has 0 saturated heterocycles. The average molecular weight is 299 g/mol. The molecule has 3 N–H and O–H groups in total. The lowest BCUT2D eigenvalue weighted by Gasteiger charge is -2.13. The van der Waals surface area contributed by atoms with Crippen LogP contribution in [0.2, 0.25) is 0 Å². The van der Waals surface area contributed by atoms with Gasteiger partial charge in [-0.25, -0.2) is 4.39 Å². The van der Waals surface area contributed by atoms with E-state index in [0.29, 0.717) is 10.0 Å². The topological polar surface area (TPSA) is 46.2 Å². The number of phenols is 1. The maximum Gasteiger partial charge on any atom is 0.134 e. The maximum absolute atomic E-state index is 13.0. The number of halogens is 3. The average Bonchev–Trinajstić information content (AvgIpc) is 2.11. The van der Waals surface area contributed by atoms with E-state index in [4.69, 9.17) is 5.73 Å². The Hall–Kier alpha value is -0.320. The zero-order chi connectivity index (χ0) is 10.7. The predicted octanol–water partition coefficient (Wildman–Crippen LogP) is 3.52. The van der Waals surface area contributed by atoms with Crippen LogP contribution in [-0.4, -0.2) is 5.11 Å². The third-order valence-corrected chi connectivity index (χ3v) is 2.66. The van der Waals surface area contributed by atoms with E-state index < -0.39 is 5.82 Å².